The SMILES string of the molecule is NCCNC(=O)C1CCCN(S(=O)(=O)CCCC(F)(F)F)C1. The third kappa shape index (κ3) is 6.49. The van der Waals surface area contributed by atoms with Gasteiger partial charge in [-0.15, -0.1) is 0 Å². The van der Waals surface area contributed by atoms with E-state index in [9.17, 15) is 26.4 Å². The van der Waals surface area contributed by atoms with Gasteiger partial charge in [0.2, 0.25) is 15.9 Å². The zero-order chi connectivity index (χ0) is 16.8. The van der Waals surface area contributed by atoms with E-state index in [1.165, 1.54) is 0 Å². The van der Waals surface area contributed by atoms with Crippen molar-refractivity contribution in [2.45, 2.75) is 31.9 Å². The standard InChI is InChI=1S/C12H22F3N3O3S/c13-12(14,15)4-2-8-22(20,21)18-7-1-3-10(9-18)11(19)17-6-5-16/h10H,1-9,16H2,(H,17,19). The molecule has 0 aromatic rings. The molecule has 1 fully saturated rings. The highest BCUT2D eigenvalue weighted by Gasteiger charge is 2.33. The highest BCUT2D eigenvalue weighted by molar-refractivity contribution is 7.89. The van der Waals surface area contributed by atoms with Gasteiger partial charge in [-0.05, 0) is 19.3 Å². The lowest BCUT2D eigenvalue weighted by molar-refractivity contribution is -0.134. The molecule has 3 N–H and O–H groups in total. The molecule has 1 aliphatic heterocycles. The molecule has 1 heterocycles. The van der Waals surface area contributed by atoms with Crippen LogP contribution in [0.4, 0.5) is 13.2 Å². The van der Waals surface area contributed by atoms with Crippen molar-refractivity contribution >= 4 is 15.9 Å². The van der Waals surface area contributed by atoms with Gasteiger partial charge in [0, 0.05) is 32.6 Å². The number of hydrogen-bond donors (Lipinski definition) is 2. The third-order valence-corrected chi connectivity index (χ3v) is 5.38. The van der Waals surface area contributed by atoms with E-state index < -0.39 is 40.7 Å². The topological polar surface area (TPSA) is 92.5 Å². The molecule has 0 bridgehead atoms. The number of carbonyl (C=O) groups is 1. The number of nitrogens with two attached hydrogens (primary N) is 1. The third-order valence-electron chi connectivity index (χ3n) is 3.45. The first kappa shape index (κ1) is 19.2. The lowest BCUT2D eigenvalue weighted by Gasteiger charge is -2.31. The van der Waals surface area contributed by atoms with Crippen LogP contribution in [0.25, 0.3) is 0 Å². The highest BCUT2D eigenvalue weighted by atomic mass is 32.2. The van der Waals surface area contributed by atoms with Crippen molar-refractivity contribution in [3.05, 3.63) is 0 Å². The number of hydrogen-bond acceptors (Lipinski definition) is 4. The van der Waals surface area contributed by atoms with E-state index >= 15 is 0 Å². The minimum atomic E-state index is -4.36. The summed E-state index contributed by atoms with van der Waals surface area (Å²) in [4.78, 5) is 11.8. The molecule has 1 saturated heterocycles. The van der Waals surface area contributed by atoms with E-state index in [2.05, 4.69) is 5.32 Å². The number of amides is 1. The Morgan fingerprint density at radius 1 is 1.36 bits per heavy atom. The Balaban J connectivity index is 2.54. The zero-order valence-corrected chi connectivity index (χ0v) is 13.0. The Kier molecular flexibility index (Phi) is 7.07. The number of nitrogens with one attached hydrogen (secondary N) is 1. The number of rotatable bonds is 7. The summed E-state index contributed by atoms with van der Waals surface area (Å²) in [7, 11) is -3.76. The first-order valence-corrected chi connectivity index (χ1v) is 8.79. The van der Waals surface area contributed by atoms with Crippen LogP contribution in [0.1, 0.15) is 25.7 Å². The molecule has 0 spiro atoms. The molecule has 0 radical (unpaired) electrons. The van der Waals surface area contributed by atoms with Crippen LogP contribution in [0.3, 0.4) is 0 Å². The molecule has 1 aliphatic rings. The van der Waals surface area contributed by atoms with Crippen LogP contribution >= 0.6 is 0 Å². The Morgan fingerprint density at radius 2 is 2.05 bits per heavy atom. The van der Waals surface area contributed by atoms with E-state index in [1.54, 1.807) is 0 Å². The maximum Gasteiger partial charge on any atom is 0.389 e. The molecule has 0 aromatic carbocycles. The van der Waals surface area contributed by atoms with Crippen molar-refractivity contribution < 1.29 is 26.4 Å². The lowest BCUT2D eigenvalue weighted by atomic mass is 9.99. The van der Waals surface area contributed by atoms with Crippen molar-refractivity contribution in [2.75, 3.05) is 31.9 Å². The molecule has 0 saturated carbocycles. The van der Waals surface area contributed by atoms with Crippen LogP contribution in [0.2, 0.25) is 0 Å². The second kappa shape index (κ2) is 8.11. The fourth-order valence-electron chi connectivity index (χ4n) is 2.33. The summed E-state index contributed by atoms with van der Waals surface area (Å²) in [5.41, 5.74) is 5.28. The van der Waals surface area contributed by atoms with Gasteiger partial charge in [-0.1, -0.05) is 0 Å². The van der Waals surface area contributed by atoms with Gasteiger partial charge in [0.05, 0.1) is 11.7 Å². The first-order valence-electron chi connectivity index (χ1n) is 7.18. The first-order chi connectivity index (χ1) is 10.2. The van der Waals surface area contributed by atoms with E-state index in [4.69, 9.17) is 5.73 Å². The Labute approximate surface area is 128 Å². The van der Waals surface area contributed by atoms with Crippen LogP contribution in [-0.2, 0) is 14.8 Å². The van der Waals surface area contributed by atoms with Gasteiger partial charge in [-0.25, -0.2) is 12.7 Å². The summed E-state index contributed by atoms with van der Waals surface area (Å²) >= 11 is 0. The monoisotopic (exact) mass is 345 g/mol. The van der Waals surface area contributed by atoms with Gasteiger partial charge in [0.25, 0.3) is 0 Å². The molecule has 6 nitrogen and oxygen atoms in total. The van der Waals surface area contributed by atoms with Crippen LogP contribution < -0.4 is 11.1 Å². The van der Waals surface area contributed by atoms with Crippen LogP contribution in [-0.4, -0.2) is 56.7 Å². The number of halogens is 3. The van der Waals surface area contributed by atoms with Gasteiger partial charge in [-0.3, -0.25) is 4.79 Å². The van der Waals surface area contributed by atoms with Crippen LogP contribution in [0, 0.1) is 5.92 Å². The minimum absolute atomic E-state index is 0.0186. The average molecular weight is 345 g/mol. The molecule has 1 unspecified atom stereocenters. The molecular weight excluding hydrogens is 323 g/mol. The van der Waals surface area contributed by atoms with Crippen molar-refractivity contribution in [3.8, 4) is 0 Å². The highest BCUT2D eigenvalue weighted by Crippen LogP contribution is 2.24. The Hall–Kier alpha value is -0.870. The maximum atomic E-state index is 12.1. The second-order valence-electron chi connectivity index (χ2n) is 5.31. The molecule has 130 valence electrons. The summed E-state index contributed by atoms with van der Waals surface area (Å²) in [5, 5.41) is 2.60. The van der Waals surface area contributed by atoms with E-state index in [0.717, 1.165) is 4.31 Å². The summed E-state index contributed by atoms with van der Waals surface area (Å²) in [6.07, 6.45) is -4.88. The summed E-state index contributed by atoms with van der Waals surface area (Å²) in [6, 6.07) is 0. The molecular formula is C12H22F3N3O3S. The molecule has 22 heavy (non-hydrogen) atoms. The van der Waals surface area contributed by atoms with Gasteiger partial charge in [0.15, 0.2) is 0 Å². The number of nitrogens with zero attached hydrogens (tertiary/aromatic N) is 1. The fourth-order valence-corrected chi connectivity index (χ4v) is 3.91. The van der Waals surface area contributed by atoms with E-state index in [1.807, 2.05) is 0 Å². The average Bonchev–Trinajstić information content (AvgIpc) is 2.43. The smallest absolute Gasteiger partial charge is 0.355 e. The molecule has 1 amide bonds. The number of sulfonamides is 1. The quantitative estimate of drug-likeness (QED) is 0.700. The van der Waals surface area contributed by atoms with Gasteiger partial charge in [-0.2, -0.15) is 13.2 Å². The lowest BCUT2D eigenvalue weighted by Crippen LogP contribution is -2.46. The van der Waals surface area contributed by atoms with Crippen molar-refractivity contribution in [3.63, 3.8) is 0 Å². The molecule has 10 heteroatoms. The predicted molar refractivity (Wildman–Crippen MR) is 75.4 cm³/mol. The van der Waals surface area contributed by atoms with Crippen molar-refractivity contribution in [1.82, 2.24) is 9.62 Å². The summed E-state index contributed by atoms with van der Waals surface area (Å²) < 4.78 is 61.5. The van der Waals surface area contributed by atoms with E-state index in [0.29, 0.717) is 19.4 Å². The van der Waals surface area contributed by atoms with Gasteiger partial charge in [0.1, 0.15) is 0 Å². The molecule has 1 rings (SSSR count). The largest absolute Gasteiger partial charge is 0.389 e. The maximum absolute atomic E-state index is 12.1. The molecule has 0 aromatic heterocycles. The van der Waals surface area contributed by atoms with Crippen LogP contribution in [0.5, 0.6) is 0 Å². The van der Waals surface area contributed by atoms with Crippen LogP contribution in [0.15, 0.2) is 0 Å². The second-order valence-corrected chi connectivity index (χ2v) is 7.40. The zero-order valence-electron chi connectivity index (χ0n) is 12.2. The van der Waals surface area contributed by atoms with Gasteiger partial charge < -0.3 is 11.1 Å². The summed E-state index contributed by atoms with van der Waals surface area (Å²) in [5.74, 6) is -1.29. The molecule has 0 aliphatic carbocycles. The number of alkyl halides is 3. The van der Waals surface area contributed by atoms with Gasteiger partial charge >= 0.3 is 6.18 Å². The number of piperidine rings is 1. The normalized spacial score (nSPS) is 20.8. The Bertz CT molecular complexity index is 468. The summed E-state index contributed by atoms with van der Waals surface area (Å²) in [6.45, 7) is 0.866. The Morgan fingerprint density at radius 3 is 2.64 bits per heavy atom. The van der Waals surface area contributed by atoms with Crippen molar-refractivity contribution in [2.24, 2.45) is 11.7 Å². The minimum Gasteiger partial charge on any atom is -0.355 e. The fraction of sp³-hybridized carbons (Fsp3) is 0.917. The number of carbonyl (C=O) groups excluding carboxylic acids is 1. The predicted octanol–water partition coefficient (Wildman–Crippen LogP) is 0.446. The van der Waals surface area contributed by atoms with Crippen molar-refractivity contribution in [1.29, 1.82) is 0 Å². The van der Waals surface area contributed by atoms with E-state index in [-0.39, 0.29) is 25.5 Å². The molecule has 1 atom stereocenters.